The van der Waals surface area contributed by atoms with Crippen molar-refractivity contribution >= 4 is 23.7 Å². The molecule has 0 saturated carbocycles. The van der Waals surface area contributed by atoms with Crippen LogP contribution >= 0.6 is 12.6 Å². The number of nitrogens with zero attached hydrogens (tertiary/aromatic N) is 2. The molecule has 0 saturated heterocycles. The van der Waals surface area contributed by atoms with E-state index in [1.54, 1.807) is 0 Å². The van der Waals surface area contributed by atoms with Gasteiger partial charge in [0.2, 0.25) is 0 Å². The van der Waals surface area contributed by atoms with Crippen LogP contribution in [0.4, 0.5) is 0 Å². The van der Waals surface area contributed by atoms with E-state index < -0.39 is 0 Å². The molecule has 0 radical (unpaired) electrons. The molecule has 0 N–H and O–H groups in total. The lowest BCUT2D eigenvalue weighted by atomic mass is 10.1. The van der Waals surface area contributed by atoms with E-state index in [1.807, 2.05) is 13.0 Å². The molecule has 0 unspecified atom stereocenters. The largest absolute Gasteiger partial charge is 0.441 e. The summed E-state index contributed by atoms with van der Waals surface area (Å²) in [5.41, 5.74) is 3.12. The molecule has 2 aromatic rings. The molecule has 0 fully saturated rings. The van der Waals surface area contributed by atoms with Crippen LogP contribution in [0, 0.1) is 6.92 Å². The van der Waals surface area contributed by atoms with Crippen molar-refractivity contribution in [3.05, 3.63) is 29.7 Å². The minimum Gasteiger partial charge on any atom is -0.441 e. The van der Waals surface area contributed by atoms with E-state index in [0.717, 1.165) is 42.3 Å². The number of aromatic nitrogens is 1. The van der Waals surface area contributed by atoms with Crippen LogP contribution in [-0.2, 0) is 6.42 Å². The zero-order chi connectivity index (χ0) is 12.3. The highest BCUT2D eigenvalue weighted by Crippen LogP contribution is 2.17. The summed E-state index contributed by atoms with van der Waals surface area (Å²) in [7, 11) is 2.12. The summed E-state index contributed by atoms with van der Waals surface area (Å²) in [4.78, 5) is 6.57. The first-order valence-corrected chi connectivity index (χ1v) is 6.48. The van der Waals surface area contributed by atoms with E-state index >= 15 is 0 Å². The standard InChI is InChI=1S/C13H18N2OS/c1-10-14-12-4-3-11(9-13(12)16-10)5-6-15(2)7-8-17/h3-4,9,17H,5-8H2,1-2H3. The van der Waals surface area contributed by atoms with Crippen molar-refractivity contribution in [1.29, 1.82) is 0 Å². The fourth-order valence-corrected chi connectivity index (χ4v) is 2.18. The number of hydrogen-bond donors (Lipinski definition) is 1. The van der Waals surface area contributed by atoms with Gasteiger partial charge in [0.25, 0.3) is 0 Å². The second-order valence-corrected chi connectivity index (χ2v) is 4.76. The number of hydrogen-bond acceptors (Lipinski definition) is 4. The molecule has 1 heterocycles. The first-order chi connectivity index (χ1) is 8.19. The molecule has 2 rings (SSSR count). The topological polar surface area (TPSA) is 29.3 Å². The number of likely N-dealkylation sites (N-methyl/N-ethyl adjacent to an activating group) is 1. The van der Waals surface area contributed by atoms with Crippen LogP contribution in [-0.4, -0.2) is 35.8 Å². The van der Waals surface area contributed by atoms with Crippen molar-refractivity contribution in [1.82, 2.24) is 9.88 Å². The van der Waals surface area contributed by atoms with Crippen LogP contribution in [0.1, 0.15) is 11.5 Å². The summed E-state index contributed by atoms with van der Waals surface area (Å²) < 4.78 is 5.53. The summed E-state index contributed by atoms with van der Waals surface area (Å²) in [6, 6.07) is 6.24. The number of benzene rings is 1. The van der Waals surface area contributed by atoms with Crippen molar-refractivity contribution in [2.75, 3.05) is 25.9 Å². The first-order valence-electron chi connectivity index (χ1n) is 5.84. The number of oxazole rings is 1. The summed E-state index contributed by atoms with van der Waals surface area (Å²) in [5, 5.41) is 0. The number of rotatable bonds is 5. The lowest BCUT2D eigenvalue weighted by Crippen LogP contribution is -2.23. The molecule has 1 aromatic carbocycles. The van der Waals surface area contributed by atoms with Gasteiger partial charge in [0, 0.05) is 25.8 Å². The Morgan fingerprint density at radius 2 is 2.18 bits per heavy atom. The highest BCUT2D eigenvalue weighted by atomic mass is 32.1. The summed E-state index contributed by atoms with van der Waals surface area (Å²) in [6.45, 7) is 3.94. The molecule has 1 aromatic heterocycles. The monoisotopic (exact) mass is 250 g/mol. The average Bonchev–Trinajstić information content (AvgIpc) is 2.66. The van der Waals surface area contributed by atoms with Crippen LogP contribution in [0.2, 0.25) is 0 Å². The maximum Gasteiger partial charge on any atom is 0.192 e. The van der Waals surface area contributed by atoms with Crippen molar-refractivity contribution in [3.63, 3.8) is 0 Å². The van der Waals surface area contributed by atoms with Crippen LogP contribution in [0.5, 0.6) is 0 Å². The number of fused-ring (bicyclic) bond motifs is 1. The van der Waals surface area contributed by atoms with E-state index in [0.29, 0.717) is 0 Å². The molecule has 0 aliphatic heterocycles. The number of thiol groups is 1. The number of aryl methyl sites for hydroxylation is 1. The Hall–Kier alpha value is -1.00. The normalized spacial score (nSPS) is 11.5. The van der Waals surface area contributed by atoms with Gasteiger partial charge in [-0.2, -0.15) is 12.6 Å². The van der Waals surface area contributed by atoms with Gasteiger partial charge in [0.15, 0.2) is 11.5 Å². The first kappa shape index (κ1) is 12.5. The highest BCUT2D eigenvalue weighted by Gasteiger charge is 2.04. The zero-order valence-corrected chi connectivity index (χ0v) is 11.2. The fourth-order valence-electron chi connectivity index (χ4n) is 1.84. The minimum atomic E-state index is 0.726. The van der Waals surface area contributed by atoms with Crippen LogP contribution in [0.3, 0.4) is 0 Å². The maximum atomic E-state index is 5.53. The predicted octanol–water partition coefficient (Wildman–Crippen LogP) is 2.54. The Labute approximate surface area is 107 Å². The Morgan fingerprint density at radius 1 is 1.35 bits per heavy atom. The molecular weight excluding hydrogens is 232 g/mol. The smallest absolute Gasteiger partial charge is 0.192 e. The summed E-state index contributed by atoms with van der Waals surface area (Å²) >= 11 is 4.23. The quantitative estimate of drug-likeness (QED) is 0.827. The third kappa shape index (κ3) is 3.23. The second kappa shape index (κ2) is 5.56. The van der Waals surface area contributed by atoms with Gasteiger partial charge >= 0.3 is 0 Å². The molecule has 0 atom stereocenters. The molecule has 4 heteroatoms. The van der Waals surface area contributed by atoms with E-state index in [2.05, 4.69) is 41.7 Å². The van der Waals surface area contributed by atoms with Gasteiger partial charge in [-0.15, -0.1) is 0 Å². The SMILES string of the molecule is Cc1nc2ccc(CCN(C)CCS)cc2o1. The molecule has 3 nitrogen and oxygen atoms in total. The van der Waals surface area contributed by atoms with Crippen molar-refractivity contribution in [2.24, 2.45) is 0 Å². The second-order valence-electron chi connectivity index (χ2n) is 4.31. The van der Waals surface area contributed by atoms with E-state index in [-0.39, 0.29) is 0 Å². The lowest BCUT2D eigenvalue weighted by Gasteiger charge is -2.14. The Bertz CT molecular complexity index is 495. The van der Waals surface area contributed by atoms with Gasteiger partial charge in [0.05, 0.1) is 0 Å². The third-order valence-corrected chi connectivity index (χ3v) is 3.02. The highest BCUT2D eigenvalue weighted by molar-refractivity contribution is 7.80. The van der Waals surface area contributed by atoms with Gasteiger partial charge in [-0.05, 0) is 31.2 Å². The van der Waals surface area contributed by atoms with Crippen molar-refractivity contribution < 1.29 is 4.42 Å². The predicted molar refractivity (Wildman–Crippen MR) is 73.8 cm³/mol. The van der Waals surface area contributed by atoms with Crippen LogP contribution in [0.15, 0.2) is 22.6 Å². The molecule has 0 spiro atoms. The van der Waals surface area contributed by atoms with Crippen LogP contribution < -0.4 is 0 Å². The molecule has 92 valence electrons. The van der Waals surface area contributed by atoms with Gasteiger partial charge < -0.3 is 9.32 Å². The fraction of sp³-hybridized carbons (Fsp3) is 0.462. The molecule has 17 heavy (non-hydrogen) atoms. The molecule has 0 bridgehead atoms. The van der Waals surface area contributed by atoms with E-state index in [1.165, 1.54) is 5.56 Å². The zero-order valence-electron chi connectivity index (χ0n) is 10.3. The Kier molecular flexibility index (Phi) is 4.07. The minimum absolute atomic E-state index is 0.726. The van der Waals surface area contributed by atoms with Crippen LogP contribution in [0.25, 0.3) is 11.1 Å². The molecule has 0 aliphatic rings. The Balaban J connectivity index is 2.03. The van der Waals surface area contributed by atoms with Gasteiger partial charge in [-0.1, -0.05) is 6.07 Å². The molecule has 0 amide bonds. The van der Waals surface area contributed by atoms with Gasteiger partial charge in [0.1, 0.15) is 5.52 Å². The van der Waals surface area contributed by atoms with Gasteiger partial charge in [-0.25, -0.2) is 4.98 Å². The summed E-state index contributed by atoms with van der Waals surface area (Å²) in [6.07, 6.45) is 1.03. The summed E-state index contributed by atoms with van der Waals surface area (Å²) in [5.74, 6) is 1.63. The lowest BCUT2D eigenvalue weighted by molar-refractivity contribution is 0.361. The third-order valence-electron chi connectivity index (χ3n) is 2.82. The van der Waals surface area contributed by atoms with E-state index in [4.69, 9.17) is 4.42 Å². The molecule has 0 aliphatic carbocycles. The maximum absolute atomic E-state index is 5.53. The Morgan fingerprint density at radius 3 is 2.94 bits per heavy atom. The van der Waals surface area contributed by atoms with Crippen molar-refractivity contribution in [2.45, 2.75) is 13.3 Å². The molecular formula is C13H18N2OS. The van der Waals surface area contributed by atoms with Crippen molar-refractivity contribution in [3.8, 4) is 0 Å². The van der Waals surface area contributed by atoms with Gasteiger partial charge in [-0.3, -0.25) is 0 Å². The van der Waals surface area contributed by atoms with E-state index in [9.17, 15) is 0 Å². The average molecular weight is 250 g/mol.